The highest BCUT2D eigenvalue weighted by Crippen LogP contribution is 2.42. The van der Waals surface area contributed by atoms with Gasteiger partial charge in [0.2, 0.25) is 0 Å². The number of amides is 1. The lowest BCUT2D eigenvalue weighted by Gasteiger charge is -2.14. The van der Waals surface area contributed by atoms with Crippen molar-refractivity contribution in [3.05, 3.63) is 63.4 Å². The first kappa shape index (κ1) is 20.0. The fraction of sp³-hybridized carbons (Fsp3) is 0. The third kappa shape index (κ3) is 4.10. The minimum absolute atomic E-state index is 0.104. The molecule has 11 heteroatoms. The van der Waals surface area contributed by atoms with Crippen LogP contribution < -0.4 is 5.32 Å². The number of nitrogens with one attached hydrogen (secondary N) is 1. The van der Waals surface area contributed by atoms with E-state index in [0.29, 0.717) is 8.95 Å². The number of carbonyl (C=O) groups excluding carboxylic acids is 1. The Balaban J connectivity index is 2.48. The van der Waals surface area contributed by atoms with Gasteiger partial charge in [-0.3, -0.25) is 14.9 Å². The number of anilines is 1. The van der Waals surface area contributed by atoms with Crippen LogP contribution in [0.1, 0.15) is 20.7 Å². The number of aromatic carboxylic acids is 1. The summed E-state index contributed by atoms with van der Waals surface area (Å²) < 4.78 is 1.34. The van der Waals surface area contributed by atoms with Gasteiger partial charge in [-0.05, 0) is 75.9 Å². The zero-order valence-electron chi connectivity index (χ0n) is 11.8. The van der Waals surface area contributed by atoms with E-state index in [0.717, 1.165) is 0 Å². The lowest BCUT2D eigenvalue weighted by Crippen LogP contribution is -2.18. The molecule has 0 fully saturated rings. The first-order valence-corrected chi connectivity index (χ1v) is 9.47. The molecule has 0 aliphatic heterocycles. The van der Waals surface area contributed by atoms with Gasteiger partial charge in [-0.15, -0.1) is 0 Å². The highest BCUT2D eigenvalue weighted by molar-refractivity contribution is 9.15. The molecule has 0 unspecified atom stereocenters. The topological polar surface area (TPSA) is 110 Å². The largest absolute Gasteiger partial charge is 0.478 e. The molecular weight excluding hydrogens is 596 g/mol. The van der Waals surface area contributed by atoms with E-state index in [1.54, 1.807) is 0 Å². The maximum absolute atomic E-state index is 12.6. The molecule has 0 spiro atoms. The van der Waals surface area contributed by atoms with Crippen LogP contribution in [0.4, 0.5) is 11.4 Å². The molecule has 0 aromatic heterocycles. The van der Waals surface area contributed by atoms with Gasteiger partial charge in [0.05, 0.1) is 16.1 Å². The molecular formula is C14H6Br4N2O5. The second-order valence-electron chi connectivity index (χ2n) is 4.57. The summed E-state index contributed by atoms with van der Waals surface area (Å²) >= 11 is 12.9. The summed E-state index contributed by atoms with van der Waals surface area (Å²) in [6.07, 6.45) is 0. The van der Waals surface area contributed by atoms with Crippen molar-refractivity contribution >= 4 is 87.0 Å². The molecule has 0 saturated heterocycles. The third-order valence-electron chi connectivity index (χ3n) is 3.04. The number of nitrogens with zero attached hydrogens (tertiary/aromatic N) is 1. The highest BCUT2D eigenvalue weighted by atomic mass is 79.9. The Morgan fingerprint density at radius 1 is 0.920 bits per heavy atom. The van der Waals surface area contributed by atoms with Crippen LogP contribution in [-0.2, 0) is 0 Å². The van der Waals surface area contributed by atoms with Crippen LogP contribution in [0.3, 0.4) is 0 Å². The van der Waals surface area contributed by atoms with Crippen molar-refractivity contribution in [1.29, 1.82) is 0 Å². The standard InChI is InChI=1S/C14H6Br4N2O5/c15-9-7(8(14(22)23)10(16)12(18)11(9)17)13(21)19-5-1-3-6(4-2-5)20(24)25/h1-4H,(H,19,21)(H,22,23). The highest BCUT2D eigenvalue weighted by Gasteiger charge is 2.28. The van der Waals surface area contributed by atoms with E-state index in [4.69, 9.17) is 0 Å². The summed E-state index contributed by atoms with van der Waals surface area (Å²) in [5.41, 5.74) is -0.178. The monoisotopic (exact) mass is 598 g/mol. The number of hydrogen-bond donors (Lipinski definition) is 2. The number of hydrogen-bond acceptors (Lipinski definition) is 4. The van der Waals surface area contributed by atoms with Crippen LogP contribution in [0, 0.1) is 10.1 Å². The van der Waals surface area contributed by atoms with E-state index in [1.165, 1.54) is 24.3 Å². The van der Waals surface area contributed by atoms with Crippen LogP contribution >= 0.6 is 63.7 Å². The third-order valence-corrected chi connectivity index (χ3v) is 7.81. The van der Waals surface area contributed by atoms with Gasteiger partial charge in [-0.2, -0.15) is 0 Å². The smallest absolute Gasteiger partial charge is 0.337 e. The Labute approximate surface area is 174 Å². The number of carbonyl (C=O) groups is 2. The number of benzene rings is 2. The van der Waals surface area contributed by atoms with Gasteiger partial charge >= 0.3 is 5.97 Å². The van der Waals surface area contributed by atoms with Crippen molar-refractivity contribution in [2.45, 2.75) is 0 Å². The average Bonchev–Trinajstić information content (AvgIpc) is 2.55. The Bertz CT molecular complexity index is 899. The zero-order chi connectivity index (χ0) is 18.9. The lowest BCUT2D eigenvalue weighted by atomic mass is 10.1. The number of carboxylic acids is 1. The van der Waals surface area contributed by atoms with Crippen molar-refractivity contribution in [3.8, 4) is 0 Å². The minimum atomic E-state index is -1.30. The van der Waals surface area contributed by atoms with Crippen LogP contribution in [-0.4, -0.2) is 21.9 Å². The molecule has 130 valence electrons. The van der Waals surface area contributed by atoms with Crippen molar-refractivity contribution in [2.75, 3.05) is 5.32 Å². The zero-order valence-corrected chi connectivity index (χ0v) is 18.2. The predicted octanol–water partition coefficient (Wildman–Crippen LogP) is 5.60. The summed E-state index contributed by atoms with van der Waals surface area (Å²) in [7, 11) is 0. The fourth-order valence-electron chi connectivity index (χ4n) is 1.91. The molecule has 0 bridgehead atoms. The molecule has 0 saturated carbocycles. The van der Waals surface area contributed by atoms with Crippen molar-refractivity contribution in [1.82, 2.24) is 0 Å². The Morgan fingerprint density at radius 3 is 1.84 bits per heavy atom. The average molecular weight is 602 g/mol. The molecule has 2 aromatic rings. The summed E-state index contributed by atoms with van der Waals surface area (Å²) in [6.45, 7) is 0. The molecule has 0 radical (unpaired) electrons. The minimum Gasteiger partial charge on any atom is -0.478 e. The molecule has 0 aliphatic rings. The molecule has 2 rings (SSSR count). The van der Waals surface area contributed by atoms with Gasteiger partial charge in [-0.25, -0.2) is 4.79 Å². The van der Waals surface area contributed by atoms with E-state index >= 15 is 0 Å². The SMILES string of the molecule is O=C(O)c1c(Br)c(Br)c(Br)c(Br)c1C(=O)Nc1ccc([N+](=O)[O-])cc1. The van der Waals surface area contributed by atoms with E-state index in [2.05, 4.69) is 69.0 Å². The molecule has 7 nitrogen and oxygen atoms in total. The second-order valence-corrected chi connectivity index (χ2v) is 7.74. The summed E-state index contributed by atoms with van der Waals surface area (Å²) in [5, 5.41) is 22.6. The molecule has 2 N–H and O–H groups in total. The summed E-state index contributed by atoms with van der Waals surface area (Å²) in [6, 6.07) is 5.17. The van der Waals surface area contributed by atoms with E-state index in [-0.39, 0.29) is 31.4 Å². The maximum atomic E-state index is 12.6. The number of nitro benzene ring substituents is 1. The van der Waals surface area contributed by atoms with Gasteiger partial charge < -0.3 is 10.4 Å². The van der Waals surface area contributed by atoms with Gasteiger partial charge in [0, 0.05) is 35.7 Å². The van der Waals surface area contributed by atoms with Crippen LogP contribution in [0.2, 0.25) is 0 Å². The van der Waals surface area contributed by atoms with Crippen LogP contribution in [0.15, 0.2) is 42.2 Å². The van der Waals surface area contributed by atoms with E-state index in [9.17, 15) is 24.8 Å². The Hall–Kier alpha value is -1.30. The van der Waals surface area contributed by atoms with Gasteiger partial charge in [0.15, 0.2) is 0 Å². The number of non-ortho nitro benzene ring substituents is 1. The number of nitro groups is 1. The number of carboxylic acid groups (broad SMARTS) is 1. The summed E-state index contributed by atoms with van der Waals surface area (Å²) in [5.74, 6) is -1.98. The van der Waals surface area contributed by atoms with E-state index in [1.807, 2.05) is 0 Å². The molecule has 25 heavy (non-hydrogen) atoms. The fourth-order valence-corrected chi connectivity index (χ4v) is 4.37. The summed E-state index contributed by atoms with van der Waals surface area (Å²) in [4.78, 5) is 34.3. The Kier molecular flexibility index (Phi) is 6.35. The molecule has 0 atom stereocenters. The second kappa shape index (κ2) is 7.94. The predicted molar refractivity (Wildman–Crippen MR) is 105 cm³/mol. The lowest BCUT2D eigenvalue weighted by molar-refractivity contribution is -0.384. The van der Waals surface area contributed by atoms with Crippen LogP contribution in [0.25, 0.3) is 0 Å². The van der Waals surface area contributed by atoms with Gasteiger partial charge in [0.1, 0.15) is 0 Å². The Morgan fingerprint density at radius 2 is 1.40 bits per heavy atom. The van der Waals surface area contributed by atoms with E-state index < -0.39 is 16.8 Å². The van der Waals surface area contributed by atoms with Crippen LogP contribution in [0.5, 0.6) is 0 Å². The quantitative estimate of drug-likeness (QED) is 0.205. The van der Waals surface area contributed by atoms with Crippen molar-refractivity contribution in [2.24, 2.45) is 0 Å². The maximum Gasteiger partial charge on any atom is 0.337 e. The number of rotatable bonds is 4. The van der Waals surface area contributed by atoms with Crippen molar-refractivity contribution in [3.63, 3.8) is 0 Å². The van der Waals surface area contributed by atoms with Gasteiger partial charge in [0.25, 0.3) is 11.6 Å². The van der Waals surface area contributed by atoms with Gasteiger partial charge in [-0.1, -0.05) is 0 Å². The molecule has 2 aromatic carbocycles. The number of halogens is 4. The first-order chi connectivity index (χ1) is 11.6. The molecule has 1 amide bonds. The molecule has 0 aliphatic carbocycles. The molecule has 0 heterocycles. The first-order valence-electron chi connectivity index (χ1n) is 6.30. The van der Waals surface area contributed by atoms with Crippen molar-refractivity contribution < 1.29 is 19.6 Å². The normalized spacial score (nSPS) is 10.4.